The molecule has 1 heterocycles. The van der Waals surface area contributed by atoms with E-state index in [1.165, 1.54) is 5.56 Å². The molecule has 1 aromatic heterocycles. The Bertz CT molecular complexity index is 1030. The maximum atomic E-state index is 6.29. The number of aryl methyl sites for hydroxylation is 1. The summed E-state index contributed by atoms with van der Waals surface area (Å²) < 4.78 is 12.9. The second-order valence-electron chi connectivity index (χ2n) is 5.74. The average Bonchev–Trinajstić information content (AvgIpc) is 3.01. The second-order valence-corrected chi connectivity index (χ2v) is 6.54. The fourth-order valence-electron chi connectivity index (χ4n) is 2.54. The molecule has 3 rings (SSSR count). The minimum absolute atomic E-state index is 0.395. The standard InChI is InChI=1S/C19H19ClN4O2S/c1-4-26-16-10-13(9-15(20)17(16)25-3)11-21-24-18(22-23-19(24)27)14-7-5-12(2)6-8-14/h5-11H,4H2,1-3H3,(H,23,27)/b21-11-. The normalized spacial score (nSPS) is 11.1. The summed E-state index contributed by atoms with van der Waals surface area (Å²) >= 11 is 11.6. The lowest BCUT2D eigenvalue weighted by Gasteiger charge is -2.11. The molecule has 0 aliphatic rings. The Morgan fingerprint density at radius 1 is 1.30 bits per heavy atom. The van der Waals surface area contributed by atoms with E-state index in [2.05, 4.69) is 15.3 Å². The molecule has 0 aliphatic heterocycles. The van der Waals surface area contributed by atoms with Crippen molar-refractivity contribution in [2.45, 2.75) is 13.8 Å². The molecule has 8 heteroatoms. The third kappa shape index (κ3) is 4.20. The third-order valence-electron chi connectivity index (χ3n) is 3.82. The van der Waals surface area contributed by atoms with Crippen molar-refractivity contribution in [2.24, 2.45) is 5.10 Å². The van der Waals surface area contributed by atoms with Crippen LogP contribution in [0.15, 0.2) is 41.5 Å². The highest BCUT2D eigenvalue weighted by atomic mass is 35.5. The van der Waals surface area contributed by atoms with Crippen LogP contribution in [0.25, 0.3) is 11.4 Å². The highest BCUT2D eigenvalue weighted by Crippen LogP contribution is 2.35. The van der Waals surface area contributed by atoms with Crippen LogP contribution in [0, 0.1) is 11.7 Å². The summed E-state index contributed by atoms with van der Waals surface area (Å²) in [4.78, 5) is 0. The van der Waals surface area contributed by atoms with Crippen LogP contribution in [0.2, 0.25) is 5.02 Å². The third-order valence-corrected chi connectivity index (χ3v) is 4.36. The van der Waals surface area contributed by atoms with E-state index in [0.29, 0.717) is 33.7 Å². The van der Waals surface area contributed by atoms with Crippen LogP contribution in [-0.2, 0) is 0 Å². The maximum absolute atomic E-state index is 6.29. The zero-order valence-electron chi connectivity index (χ0n) is 15.2. The summed E-state index contributed by atoms with van der Waals surface area (Å²) in [6, 6.07) is 11.5. The lowest BCUT2D eigenvalue weighted by Crippen LogP contribution is -1.99. The fraction of sp³-hybridized carbons (Fsp3) is 0.211. The largest absolute Gasteiger partial charge is 0.491 e. The molecule has 0 saturated heterocycles. The first-order valence-electron chi connectivity index (χ1n) is 8.32. The molecule has 27 heavy (non-hydrogen) atoms. The van der Waals surface area contributed by atoms with Gasteiger partial charge in [0.25, 0.3) is 0 Å². The van der Waals surface area contributed by atoms with Crippen LogP contribution < -0.4 is 9.47 Å². The van der Waals surface area contributed by atoms with E-state index in [1.807, 2.05) is 44.2 Å². The molecular weight excluding hydrogens is 384 g/mol. The van der Waals surface area contributed by atoms with Crippen molar-refractivity contribution in [1.29, 1.82) is 0 Å². The number of hydrogen-bond donors (Lipinski definition) is 1. The van der Waals surface area contributed by atoms with Gasteiger partial charge < -0.3 is 9.47 Å². The van der Waals surface area contributed by atoms with Gasteiger partial charge in [0.2, 0.25) is 4.77 Å². The molecule has 0 aliphatic carbocycles. The second kappa shape index (κ2) is 8.37. The predicted octanol–water partition coefficient (Wildman–Crippen LogP) is 4.86. The molecule has 0 atom stereocenters. The number of aromatic amines is 1. The average molecular weight is 403 g/mol. The minimum Gasteiger partial charge on any atom is -0.491 e. The molecular formula is C19H19ClN4O2S. The number of aromatic nitrogens is 3. The molecule has 140 valence electrons. The van der Waals surface area contributed by atoms with E-state index in [4.69, 9.17) is 33.3 Å². The molecule has 0 radical (unpaired) electrons. The van der Waals surface area contributed by atoms with Gasteiger partial charge >= 0.3 is 0 Å². The molecule has 3 aromatic rings. The molecule has 0 amide bonds. The molecule has 6 nitrogen and oxygen atoms in total. The molecule has 2 aromatic carbocycles. The Morgan fingerprint density at radius 3 is 2.70 bits per heavy atom. The number of H-pyrrole nitrogens is 1. The summed E-state index contributed by atoms with van der Waals surface area (Å²) in [6.45, 7) is 4.42. The van der Waals surface area contributed by atoms with Gasteiger partial charge in [-0.3, -0.25) is 0 Å². The Hall–Kier alpha value is -2.64. The quantitative estimate of drug-likeness (QED) is 0.472. The summed E-state index contributed by atoms with van der Waals surface area (Å²) in [6.07, 6.45) is 1.65. The first-order chi connectivity index (χ1) is 13.0. The van der Waals surface area contributed by atoms with Crippen LogP contribution in [-0.4, -0.2) is 34.8 Å². The summed E-state index contributed by atoms with van der Waals surface area (Å²) in [7, 11) is 1.55. The van der Waals surface area contributed by atoms with E-state index >= 15 is 0 Å². The maximum Gasteiger partial charge on any atom is 0.216 e. The summed E-state index contributed by atoms with van der Waals surface area (Å²) in [5.74, 6) is 1.68. The zero-order chi connectivity index (χ0) is 19.4. The smallest absolute Gasteiger partial charge is 0.216 e. The molecule has 0 saturated carbocycles. The van der Waals surface area contributed by atoms with Gasteiger partial charge in [-0.25, -0.2) is 5.10 Å². The molecule has 0 fully saturated rings. The predicted molar refractivity (Wildman–Crippen MR) is 110 cm³/mol. The van der Waals surface area contributed by atoms with Crippen molar-refractivity contribution in [1.82, 2.24) is 14.9 Å². The number of ether oxygens (including phenoxy) is 2. The highest BCUT2D eigenvalue weighted by Gasteiger charge is 2.12. The Labute approximate surface area is 167 Å². The van der Waals surface area contributed by atoms with Crippen molar-refractivity contribution in [3.8, 4) is 22.9 Å². The molecule has 0 bridgehead atoms. The van der Waals surface area contributed by atoms with Gasteiger partial charge in [-0.15, -0.1) is 0 Å². The monoisotopic (exact) mass is 402 g/mol. The van der Waals surface area contributed by atoms with Gasteiger partial charge in [0.15, 0.2) is 17.3 Å². The van der Waals surface area contributed by atoms with Crippen LogP contribution in [0.1, 0.15) is 18.1 Å². The number of halogens is 1. The van der Waals surface area contributed by atoms with E-state index in [-0.39, 0.29) is 0 Å². The molecule has 0 unspecified atom stereocenters. The van der Waals surface area contributed by atoms with Crippen molar-refractivity contribution in [2.75, 3.05) is 13.7 Å². The summed E-state index contributed by atoms with van der Waals surface area (Å²) in [5, 5.41) is 12.0. The number of benzene rings is 2. The number of nitrogens with one attached hydrogen (secondary N) is 1. The zero-order valence-corrected chi connectivity index (χ0v) is 16.8. The molecule has 1 N–H and O–H groups in total. The van der Waals surface area contributed by atoms with Gasteiger partial charge in [-0.05, 0) is 43.8 Å². The van der Waals surface area contributed by atoms with Gasteiger partial charge in [0, 0.05) is 5.56 Å². The van der Waals surface area contributed by atoms with E-state index in [9.17, 15) is 0 Å². The topological polar surface area (TPSA) is 64.4 Å². The Kier molecular flexibility index (Phi) is 5.93. The lowest BCUT2D eigenvalue weighted by molar-refractivity contribution is 0.311. The van der Waals surface area contributed by atoms with E-state index in [1.54, 1.807) is 24.1 Å². The van der Waals surface area contributed by atoms with Crippen LogP contribution in [0.3, 0.4) is 0 Å². The van der Waals surface area contributed by atoms with Crippen molar-refractivity contribution in [3.63, 3.8) is 0 Å². The van der Waals surface area contributed by atoms with E-state index in [0.717, 1.165) is 11.1 Å². The van der Waals surface area contributed by atoms with Gasteiger partial charge in [-0.1, -0.05) is 41.4 Å². The van der Waals surface area contributed by atoms with Crippen LogP contribution in [0.5, 0.6) is 11.5 Å². The summed E-state index contributed by atoms with van der Waals surface area (Å²) in [5.41, 5.74) is 2.83. The van der Waals surface area contributed by atoms with Crippen LogP contribution in [0.4, 0.5) is 0 Å². The number of hydrogen-bond acceptors (Lipinski definition) is 5. The number of rotatable bonds is 6. The van der Waals surface area contributed by atoms with Crippen molar-refractivity contribution >= 4 is 30.0 Å². The first kappa shape index (κ1) is 19.1. The lowest BCUT2D eigenvalue weighted by atomic mass is 10.1. The SMILES string of the molecule is CCOc1cc(/C=N\n2c(-c3ccc(C)cc3)n[nH]c2=S)cc(Cl)c1OC. The molecule has 0 spiro atoms. The minimum atomic E-state index is 0.395. The number of nitrogens with zero attached hydrogens (tertiary/aromatic N) is 3. The highest BCUT2D eigenvalue weighted by molar-refractivity contribution is 7.71. The van der Waals surface area contributed by atoms with Crippen molar-refractivity contribution < 1.29 is 9.47 Å². The Morgan fingerprint density at radius 2 is 2.04 bits per heavy atom. The van der Waals surface area contributed by atoms with Crippen molar-refractivity contribution in [3.05, 3.63) is 57.3 Å². The first-order valence-corrected chi connectivity index (χ1v) is 9.11. The Balaban J connectivity index is 1.99. The van der Waals surface area contributed by atoms with Gasteiger partial charge in [0.1, 0.15) is 0 Å². The fourth-order valence-corrected chi connectivity index (χ4v) is 3.01. The van der Waals surface area contributed by atoms with Gasteiger partial charge in [0.05, 0.1) is 25.0 Å². The number of methoxy groups -OCH3 is 1. The van der Waals surface area contributed by atoms with E-state index < -0.39 is 0 Å². The van der Waals surface area contributed by atoms with Gasteiger partial charge in [-0.2, -0.15) is 14.9 Å². The van der Waals surface area contributed by atoms with Crippen LogP contribution >= 0.6 is 23.8 Å².